The van der Waals surface area contributed by atoms with E-state index >= 15 is 0 Å². The molecule has 0 spiro atoms. The normalized spacial score (nSPS) is 22.0. The number of benzene rings is 2. The third kappa shape index (κ3) is 6.36. The number of morpholine rings is 2. The first-order valence-corrected chi connectivity index (χ1v) is 11.6. The zero-order valence-corrected chi connectivity index (χ0v) is 19.5. The molecule has 0 saturated carbocycles. The summed E-state index contributed by atoms with van der Waals surface area (Å²) in [6.07, 6.45) is 0.257. The van der Waals surface area contributed by atoms with Crippen molar-refractivity contribution in [1.82, 2.24) is 9.80 Å². The summed E-state index contributed by atoms with van der Waals surface area (Å²) >= 11 is 12.2. The summed E-state index contributed by atoms with van der Waals surface area (Å²) in [5, 5.41) is 1.37. The van der Waals surface area contributed by atoms with Gasteiger partial charge in [0.15, 0.2) is 0 Å². The molecule has 32 heavy (non-hydrogen) atoms. The molecule has 0 N–H and O–H groups in total. The Balaban J connectivity index is 1.48. The van der Waals surface area contributed by atoms with E-state index in [1.54, 1.807) is 12.1 Å². The number of carbonyl (C=O) groups is 1. The molecule has 2 aromatic carbocycles. The second kappa shape index (κ2) is 10.9. The highest BCUT2D eigenvalue weighted by Crippen LogP contribution is 2.27. The minimum Gasteiger partial charge on any atom is -0.491 e. The fourth-order valence-electron chi connectivity index (χ4n) is 4.14. The summed E-state index contributed by atoms with van der Waals surface area (Å²) in [5.41, 5.74) is 0.387. The van der Waals surface area contributed by atoms with Crippen molar-refractivity contribution in [2.24, 2.45) is 0 Å². The van der Waals surface area contributed by atoms with Crippen LogP contribution in [0.5, 0.6) is 5.75 Å². The van der Waals surface area contributed by atoms with Gasteiger partial charge in [0, 0.05) is 42.8 Å². The number of halogens is 2. The van der Waals surface area contributed by atoms with Crippen molar-refractivity contribution in [2.45, 2.75) is 18.6 Å². The average molecular weight is 479 g/mol. The molecule has 0 aliphatic carbocycles. The van der Waals surface area contributed by atoms with Gasteiger partial charge in [0.1, 0.15) is 18.0 Å². The number of hydrogen-bond acceptors (Lipinski definition) is 5. The van der Waals surface area contributed by atoms with Gasteiger partial charge in [0.05, 0.1) is 26.2 Å². The third-order valence-electron chi connectivity index (χ3n) is 5.78. The molecular formula is C24H28Cl2N2O4. The summed E-state index contributed by atoms with van der Waals surface area (Å²) in [7, 11) is 0. The molecule has 2 heterocycles. The Labute approximate surface area is 198 Å². The van der Waals surface area contributed by atoms with Crippen molar-refractivity contribution < 1.29 is 19.0 Å². The van der Waals surface area contributed by atoms with Gasteiger partial charge in [-0.05, 0) is 42.0 Å². The maximum atomic E-state index is 13.1. The predicted octanol–water partition coefficient (Wildman–Crippen LogP) is 3.89. The first-order valence-electron chi connectivity index (χ1n) is 10.9. The number of ether oxygens (including phenoxy) is 3. The van der Waals surface area contributed by atoms with E-state index in [9.17, 15) is 4.79 Å². The molecule has 1 amide bonds. The van der Waals surface area contributed by atoms with Crippen molar-refractivity contribution in [3.8, 4) is 5.75 Å². The van der Waals surface area contributed by atoms with Gasteiger partial charge in [0.25, 0.3) is 0 Å². The molecular weight excluding hydrogens is 451 g/mol. The fraction of sp³-hybridized carbons (Fsp3) is 0.458. The second-order valence-corrected chi connectivity index (χ2v) is 9.16. The SMILES string of the molecule is O=C(C[C@@]1(COc2ccc(Cl)cc2)CN(Cc2cccc(Cl)c2)CCO1)N1CCOCC1. The minimum atomic E-state index is -0.744. The molecule has 6 nitrogen and oxygen atoms in total. The summed E-state index contributed by atoms with van der Waals surface area (Å²) in [4.78, 5) is 17.3. The van der Waals surface area contributed by atoms with Gasteiger partial charge in [-0.15, -0.1) is 0 Å². The van der Waals surface area contributed by atoms with E-state index in [1.807, 2.05) is 35.2 Å². The zero-order chi connectivity index (χ0) is 22.4. The number of nitrogens with zero attached hydrogens (tertiary/aromatic N) is 2. The van der Waals surface area contributed by atoms with E-state index in [1.165, 1.54) is 0 Å². The number of carbonyl (C=O) groups excluding carboxylic acids is 1. The van der Waals surface area contributed by atoms with Crippen LogP contribution in [0.4, 0.5) is 0 Å². The fourth-order valence-corrected chi connectivity index (χ4v) is 4.48. The molecule has 2 fully saturated rings. The molecule has 8 heteroatoms. The Morgan fingerprint density at radius 3 is 2.53 bits per heavy atom. The van der Waals surface area contributed by atoms with Crippen LogP contribution in [0.3, 0.4) is 0 Å². The van der Waals surface area contributed by atoms with Gasteiger partial charge in [0.2, 0.25) is 5.91 Å². The van der Waals surface area contributed by atoms with Crippen molar-refractivity contribution in [3.63, 3.8) is 0 Å². The average Bonchev–Trinajstić information content (AvgIpc) is 2.80. The van der Waals surface area contributed by atoms with Crippen LogP contribution in [-0.4, -0.2) is 73.9 Å². The molecule has 1 atom stereocenters. The van der Waals surface area contributed by atoms with Crippen molar-refractivity contribution in [2.75, 3.05) is 52.6 Å². The smallest absolute Gasteiger partial charge is 0.225 e. The summed E-state index contributed by atoms with van der Waals surface area (Å²) in [6, 6.07) is 15.1. The van der Waals surface area contributed by atoms with Crippen LogP contribution >= 0.6 is 23.2 Å². The van der Waals surface area contributed by atoms with E-state index < -0.39 is 5.60 Å². The van der Waals surface area contributed by atoms with Crippen LogP contribution < -0.4 is 4.74 Å². The molecule has 0 bridgehead atoms. The van der Waals surface area contributed by atoms with Crippen LogP contribution in [0.1, 0.15) is 12.0 Å². The molecule has 4 rings (SSSR count). The quantitative estimate of drug-likeness (QED) is 0.603. The first kappa shape index (κ1) is 23.3. The van der Waals surface area contributed by atoms with Gasteiger partial charge in [-0.25, -0.2) is 0 Å². The van der Waals surface area contributed by atoms with Gasteiger partial charge in [-0.2, -0.15) is 0 Å². The largest absolute Gasteiger partial charge is 0.491 e. The molecule has 0 unspecified atom stereocenters. The predicted molar refractivity (Wildman–Crippen MR) is 124 cm³/mol. The number of hydrogen-bond donors (Lipinski definition) is 0. The topological polar surface area (TPSA) is 51.2 Å². The standard InChI is InChI=1S/C24H28Cl2N2O4/c25-20-4-6-22(7-5-20)31-18-24(15-23(29)28-9-11-30-12-10-28)17-27(8-13-32-24)16-19-2-1-3-21(26)14-19/h1-7,14H,8-13,15-18H2/t24-/m0/s1. The highest BCUT2D eigenvalue weighted by molar-refractivity contribution is 6.30. The van der Waals surface area contributed by atoms with E-state index in [0.717, 1.165) is 23.7 Å². The summed E-state index contributed by atoms with van der Waals surface area (Å²) in [5.74, 6) is 0.765. The molecule has 2 saturated heterocycles. The lowest BCUT2D eigenvalue weighted by Crippen LogP contribution is -2.57. The Bertz CT molecular complexity index is 905. The minimum absolute atomic E-state index is 0.0672. The summed E-state index contributed by atoms with van der Waals surface area (Å²) < 4.78 is 17.7. The molecule has 0 radical (unpaired) electrons. The molecule has 2 aliphatic heterocycles. The van der Waals surface area contributed by atoms with Gasteiger partial charge < -0.3 is 19.1 Å². The Hall–Kier alpha value is -1.83. The van der Waals surface area contributed by atoms with Crippen LogP contribution in [0, 0.1) is 0 Å². The molecule has 2 aliphatic rings. The van der Waals surface area contributed by atoms with Gasteiger partial charge in [-0.3, -0.25) is 9.69 Å². The third-order valence-corrected chi connectivity index (χ3v) is 6.26. The van der Waals surface area contributed by atoms with E-state index in [-0.39, 0.29) is 18.9 Å². The van der Waals surface area contributed by atoms with Crippen LogP contribution in [0.25, 0.3) is 0 Å². The first-order chi connectivity index (χ1) is 15.5. The Morgan fingerprint density at radius 2 is 1.78 bits per heavy atom. The maximum absolute atomic E-state index is 13.1. The van der Waals surface area contributed by atoms with Crippen LogP contribution in [0.15, 0.2) is 48.5 Å². The van der Waals surface area contributed by atoms with E-state index in [0.29, 0.717) is 50.2 Å². The lowest BCUT2D eigenvalue weighted by atomic mass is 9.96. The molecule has 0 aromatic heterocycles. The van der Waals surface area contributed by atoms with Crippen LogP contribution in [-0.2, 0) is 20.8 Å². The number of rotatable bonds is 7. The highest BCUT2D eigenvalue weighted by atomic mass is 35.5. The van der Waals surface area contributed by atoms with Crippen LogP contribution in [0.2, 0.25) is 10.0 Å². The van der Waals surface area contributed by atoms with Crippen molar-refractivity contribution in [3.05, 3.63) is 64.1 Å². The van der Waals surface area contributed by atoms with Gasteiger partial charge in [-0.1, -0.05) is 35.3 Å². The monoisotopic (exact) mass is 478 g/mol. The second-order valence-electron chi connectivity index (χ2n) is 8.28. The lowest BCUT2D eigenvalue weighted by molar-refractivity contribution is -0.159. The van der Waals surface area contributed by atoms with Crippen molar-refractivity contribution >= 4 is 29.1 Å². The maximum Gasteiger partial charge on any atom is 0.225 e. The Morgan fingerprint density at radius 1 is 1.00 bits per heavy atom. The Kier molecular flexibility index (Phi) is 7.92. The van der Waals surface area contributed by atoms with E-state index in [2.05, 4.69) is 11.0 Å². The zero-order valence-electron chi connectivity index (χ0n) is 18.0. The molecule has 172 valence electrons. The van der Waals surface area contributed by atoms with Gasteiger partial charge >= 0.3 is 0 Å². The van der Waals surface area contributed by atoms with E-state index in [4.69, 9.17) is 37.4 Å². The number of amides is 1. The summed E-state index contributed by atoms with van der Waals surface area (Å²) in [6.45, 7) is 5.27. The lowest BCUT2D eigenvalue weighted by Gasteiger charge is -2.43. The van der Waals surface area contributed by atoms with Crippen molar-refractivity contribution in [1.29, 1.82) is 0 Å². The highest BCUT2D eigenvalue weighted by Gasteiger charge is 2.41. The molecule has 2 aromatic rings.